The van der Waals surface area contributed by atoms with E-state index in [0.717, 1.165) is 0 Å². The Balaban J connectivity index is 2.13. The highest BCUT2D eigenvalue weighted by molar-refractivity contribution is 5.94. The summed E-state index contributed by atoms with van der Waals surface area (Å²) in [5.41, 5.74) is 1.04. The van der Waals surface area contributed by atoms with Crippen LogP contribution in [0.4, 0.5) is 13.2 Å². The molecule has 0 radical (unpaired) electrons. The van der Waals surface area contributed by atoms with Gasteiger partial charge in [0.1, 0.15) is 5.75 Å². The van der Waals surface area contributed by atoms with Crippen molar-refractivity contribution in [2.24, 2.45) is 0 Å². The number of carboxylic acid groups (broad SMARTS) is 1. The zero-order chi connectivity index (χ0) is 26.1. The van der Waals surface area contributed by atoms with E-state index in [4.69, 9.17) is 11.2 Å². The number of amides is 1. The van der Waals surface area contributed by atoms with Crippen LogP contribution in [-0.2, 0) is 11.3 Å². The number of unbranched alkanes of at least 4 members (excludes halogenated alkanes) is 2. The molecule has 0 atom stereocenters. The Morgan fingerprint density at radius 3 is 2.38 bits per heavy atom. The van der Waals surface area contributed by atoms with Gasteiger partial charge in [0, 0.05) is 41.6 Å². The van der Waals surface area contributed by atoms with Crippen LogP contribution in [0.2, 0.25) is 0 Å². The number of hydrogen-bond acceptors (Lipinski definition) is 3. The number of hydrogen-bond donors (Lipinski definition) is 1. The van der Waals surface area contributed by atoms with Crippen molar-refractivity contribution in [1.82, 2.24) is 4.90 Å². The van der Waals surface area contributed by atoms with Gasteiger partial charge in [0.05, 0.1) is 7.98 Å². The van der Waals surface area contributed by atoms with Crippen LogP contribution in [0.5, 0.6) is 5.75 Å². The molecule has 0 bridgehead atoms. The summed E-state index contributed by atoms with van der Waals surface area (Å²) in [6, 6.07) is 11.3. The molecule has 2 rings (SSSR count). The quantitative estimate of drug-likeness (QED) is 0.335. The number of para-hydroxylation sites is 1. The molecule has 2 aromatic carbocycles. The molecule has 0 unspecified atom stereocenters. The van der Waals surface area contributed by atoms with Gasteiger partial charge in [-0.2, -0.15) is 13.2 Å². The van der Waals surface area contributed by atoms with Crippen LogP contribution in [0.1, 0.15) is 62.4 Å². The predicted molar refractivity (Wildman–Crippen MR) is 122 cm³/mol. The van der Waals surface area contributed by atoms with Crippen LogP contribution < -0.4 is 4.74 Å². The second-order valence-corrected chi connectivity index (χ2v) is 7.82. The summed E-state index contributed by atoms with van der Waals surface area (Å²) in [5.74, 6) is 2.48. The van der Waals surface area contributed by atoms with Crippen molar-refractivity contribution in [2.45, 2.75) is 58.3 Å². The number of carbonyl (C=O) groups excluding carboxylic acids is 1. The first-order valence-corrected chi connectivity index (χ1v) is 10.8. The van der Waals surface area contributed by atoms with Crippen molar-refractivity contribution < 1.29 is 34.0 Å². The number of benzene rings is 2. The minimum Gasteiger partial charge on any atom is -0.493 e. The molecule has 0 saturated carbocycles. The molecule has 1 N–H and O–H groups in total. The monoisotopic (exact) mass is 476 g/mol. The van der Waals surface area contributed by atoms with Gasteiger partial charge in [0.2, 0.25) is 0 Å². The SMILES string of the molecule is [2H]C(C)(C)N(Cc1ccccc1OCCCCCC(=O)O)C(=O)c1ccc(C#CC(F)(F)F)cc1. The van der Waals surface area contributed by atoms with Crippen molar-refractivity contribution in [1.29, 1.82) is 0 Å². The van der Waals surface area contributed by atoms with Gasteiger partial charge in [0.25, 0.3) is 5.91 Å². The maximum absolute atomic E-state index is 13.2. The third-order valence-electron chi connectivity index (χ3n) is 4.86. The fourth-order valence-electron chi connectivity index (χ4n) is 3.11. The summed E-state index contributed by atoms with van der Waals surface area (Å²) < 4.78 is 51.2. The summed E-state index contributed by atoms with van der Waals surface area (Å²) in [6.07, 6.45) is -2.53. The number of rotatable bonds is 11. The topological polar surface area (TPSA) is 66.8 Å². The molecule has 0 heterocycles. The van der Waals surface area contributed by atoms with Crippen LogP contribution in [0.3, 0.4) is 0 Å². The van der Waals surface area contributed by atoms with Crippen molar-refractivity contribution in [3.8, 4) is 17.6 Å². The second kappa shape index (κ2) is 12.7. The molecule has 0 aliphatic rings. The summed E-state index contributed by atoms with van der Waals surface area (Å²) in [5, 5.41) is 8.70. The highest BCUT2D eigenvalue weighted by atomic mass is 19.4. The Kier molecular flexibility index (Phi) is 9.39. The lowest BCUT2D eigenvalue weighted by molar-refractivity contribution is -0.137. The van der Waals surface area contributed by atoms with Gasteiger partial charge >= 0.3 is 12.1 Å². The van der Waals surface area contributed by atoms with Gasteiger partial charge in [-0.15, -0.1) is 0 Å². The van der Waals surface area contributed by atoms with E-state index < -0.39 is 24.1 Å². The molecule has 0 aliphatic carbocycles. The molecule has 182 valence electrons. The Hall–Kier alpha value is -3.47. The molecule has 5 nitrogen and oxygen atoms in total. The maximum Gasteiger partial charge on any atom is 0.458 e. The smallest absolute Gasteiger partial charge is 0.458 e. The maximum atomic E-state index is 13.2. The molecular weight excluding hydrogens is 447 g/mol. The molecule has 1 amide bonds. The van der Waals surface area contributed by atoms with E-state index in [9.17, 15) is 22.8 Å². The van der Waals surface area contributed by atoms with Gasteiger partial charge < -0.3 is 14.7 Å². The van der Waals surface area contributed by atoms with Crippen molar-refractivity contribution in [2.75, 3.05) is 6.61 Å². The first kappa shape index (κ1) is 25.2. The standard InChI is InChI=1S/C26H28F3NO4/c1-19(2)30(25(33)21-13-11-20(12-14-21)15-16-26(27,28)29)18-22-8-5-6-9-23(22)34-17-7-3-4-10-24(31)32/h5-6,8-9,11-14,19H,3-4,7,10,17-18H2,1-2H3,(H,31,32)/i19D. The molecule has 34 heavy (non-hydrogen) atoms. The third-order valence-corrected chi connectivity index (χ3v) is 4.86. The Bertz CT molecular complexity index is 1070. The zero-order valence-electron chi connectivity index (χ0n) is 20.1. The molecule has 8 heteroatoms. The van der Waals surface area contributed by atoms with Crippen molar-refractivity contribution in [3.63, 3.8) is 0 Å². The average molecular weight is 477 g/mol. The molecule has 0 saturated heterocycles. The van der Waals surface area contributed by atoms with E-state index in [2.05, 4.69) is 0 Å². The summed E-state index contributed by atoms with van der Waals surface area (Å²) >= 11 is 0. The lowest BCUT2D eigenvalue weighted by Crippen LogP contribution is -2.36. The van der Waals surface area contributed by atoms with E-state index in [1.54, 1.807) is 38.1 Å². The highest BCUT2D eigenvalue weighted by Gasteiger charge is 2.23. The average Bonchev–Trinajstić information content (AvgIpc) is 2.77. The number of carboxylic acids is 1. The Morgan fingerprint density at radius 1 is 1.09 bits per heavy atom. The van der Waals surface area contributed by atoms with Crippen molar-refractivity contribution >= 4 is 11.9 Å². The Morgan fingerprint density at radius 2 is 1.76 bits per heavy atom. The normalized spacial score (nSPS) is 11.7. The summed E-state index contributed by atoms with van der Waals surface area (Å²) in [4.78, 5) is 25.2. The first-order chi connectivity index (χ1) is 16.4. The van der Waals surface area contributed by atoms with Crippen LogP contribution in [-0.4, -0.2) is 40.7 Å². The van der Waals surface area contributed by atoms with E-state index in [1.165, 1.54) is 35.1 Å². The van der Waals surface area contributed by atoms with Crippen LogP contribution in [0, 0.1) is 11.8 Å². The summed E-state index contributed by atoms with van der Waals surface area (Å²) in [7, 11) is 0. The fraction of sp³-hybridized carbons (Fsp3) is 0.385. The number of aliphatic carboxylic acids is 1. The Labute approximate surface area is 198 Å². The molecule has 2 aromatic rings. The van der Waals surface area contributed by atoms with E-state index in [-0.39, 0.29) is 24.1 Å². The zero-order valence-corrected chi connectivity index (χ0v) is 19.1. The lowest BCUT2D eigenvalue weighted by atomic mass is 10.1. The van der Waals surface area contributed by atoms with E-state index >= 15 is 0 Å². The molecule has 0 spiro atoms. The van der Waals surface area contributed by atoms with Crippen molar-refractivity contribution in [3.05, 3.63) is 65.2 Å². The minimum absolute atomic E-state index is 0.0835. The third kappa shape index (κ3) is 9.18. The highest BCUT2D eigenvalue weighted by Crippen LogP contribution is 2.23. The van der Waals surface area contributed by atoms with E-state index in [0.29, 0.717) is 37.2 Å². The first-order valence-electron chi connectivity index (χ1n) is 11.3. The van der Waals surface area contributed by atoms with Gasteiger partial charge in [-0.05, 0) is 63.4 Å². The second-order valence-electron chi connectivity index (χ2n) is 7.82. The minimum atomic E-state index is -4.60. The van der Waals surface area contributed by atoms with E-state index in [1.807, 2.05) is 5.92 Å². The number of nitrogens with zero attached hydrogens (tertiary/aromatic N) is 1. The number of halogens is 3. The van der Waals surface area contributed by atoms with Gasteiger partial charge in [-0.25, -0.2) is 0 Å². The van der Waals surface area contributed by atoms with Crippen LogP contribution >= 0.6 is 0 Å². The molecular formula is C26H28F3NO4. The number of carbonyl (C=O) groups is 2. The van der Waals surface area contributed by atoms with Crippen LogP contribution in [0.15, 0.2) is 48.5 Å². The molecule has 0 fully saturated rings. The summed E-state index contributed by atoms with van der Waals surface area (Å²) in [6.45, 7) is 3.61. The molecule has 0 aliphatic heterocycles. The van der Waals surface area contributed by atoms with Crippen LogP contribution in [0.25, 0.3) is 0 Å². The lowest BCUT2D eigenvalue weighted by Gasteiger charge is -2.28. The van der Waals surface area contributed by atoms with Gasteiger partial charge in [-0.3, -0.25) is 9.59 Å². The fourth-order valence-corrected chi connectivity index (χ4v) is 3.11. The van der Waals surface area contributed by atoms with Gasteiger partial charge in [-0.1, -0.05) is 24.1 Å². The number of ether oxygens (including phenoxy) is 1. The predicted octanol–water partition coefficient (Wildman–Crippen LogP) is 5.68. The molecule has 0 aromatic heterocycles. The van der Waals surface area contributed by atoms with Gasteiger partial charge in [0.15, 0.2) is 0 Å². The number of alkyl halides is 3. The largest absolute Gasteiger partial charge is 0.493 e.